The minimum absolute atomic E-state index is 0.100. The summed E-state index contributed by atoms with van der Waals surface area (Å²) in [6.07, 6.45) is 0.931. The van der Waals surface area contributed by atoms with Gasteiger partial charge in [-0.05, 0) is 31.5 Å². The molecule has 0 saturated carbocycles. The van der Waals surface area contributed by atoms with Crippen molar-refractivity contribution in [3.05, 3.63) is 63.7 Å². The van der Waals surface area contributed by atoms with Crippen LogP contribution in [0.2, 0.25) is 0 Å². The Morgan fingerprint density at radius 3 is 3.07 bits per heavy atom. The van der Waals surface area contributed by atoms with Crippen LogP contribution in [0.5, 0.6) is 0 Å². The first-order valence-corrected chi connectivity index (χ1v) is 9.75. The number of aryl methyl sites for hydroxylation is 1. The summed E-state index contributed by atoms with van der Waals surface area (Å²) < 4.78 is 1.71. The number of carbonyl (C=O) groups is 1. The van der Waals surface area contributed by atoms with Crippen LogP contribution in [0.1, 0.15) is 35.3 Å². The molecule has 144 valence electrons. The molecule has 1 aromatic carbocycles. The number of hydrogen-bond donors (Lipinski definition) is 3. The van der Waals surface area contributed by atoms with Crippen LogP contribution in [-0.4, -0.2) is 33.8 Å². The van der Waals surface area contributed by atoms with Gasteiger partial charge in [-0.1, -0.05) is 17.7 Å². The van der Waals surface area contributed by atoms with Crippen LogP contribution in [0, 0.1) is 12.8 Å². The van der Waals surface area contributed by atoms with E-state index in [9.17, 15) is 9.59 Å². The van der Waals surface area contributed by atoms with E-state index in [-0.39, 0.29) is 23.3 Å². The third-order valence-electron chi connectivity index (χ3n) is 6.05. The first-order chi connectivity index (χ1) is 13.6. The van der Waals surface area contributed by atoms with E-state index in [0.717, 1.165) is 47.4 Å². The monoisotopic (exact) mass is 377 g/mol. The zero-order valence-corrected chi connectivity index (χ0v) is 15.7. The molecule has 3 atom stereocenters. The largest absolute Gasteiger partial charge is 0.349 e. The average Bonchev–Trinajstić information content (AvgIpc) is 3.09. The van der Waals surface area contributed by atoms with Gasteiger partial charge in [0, 0.05) is 42.1 Å². The Bertz CT molecular complexity index is 1120. The summed E-state index contributed by atoms with van der Waals surface area (Å²) in [4.78, 5) is 25.8. The van der Waals surface area contributed by atoms with Crippen LogP contribution in [0.25, 0.3) is 10.9 Å². The minimum atomic E-state index is -0.483. The fraction of sp³-hybridized carbons (Fsp3) is 0.381. The van der Waals surface area contributed by atoms with E-state index >= 15 is 0 Å². The summed E-state index contributed by atoms with van der Waals surface area (Å²) in [6, 6.07) is 10.9. The van der Waals surface area contributed by atoms with Gasteiger partial charge in [0.1, 0.15) is 6.04 Å². The molecule has 2 aliphatic heterocycles. The molecule has 5 rings (SSSR count). The lowest BCUT2D eigenvalue weighted by atomic mass is 9.79. The van der Waals surface area contributed by atoms with Gasteiger partial charge in [0.25, 0.3) is 5.56 Å². The fourth-order valence-electron chi connectivity index (χ4n) is 4.72. The van der Waals surface area contributed by atoms with E-state index in [2.05, 4.69) is 26.9 Å². The van der Waals surface area contributed by atoms with Crippen molar-refractivity contribution in [2.45, 2.75) is 31.8 Å². The van der Waals surface area contributed by atoms with Gasteiger partial charge in [0.15, 0.2) is 0 Å². The summed E-state index contributed by atoms with van der Waals surface area (Å²) in [7, 11) is 0. The zero-order chi connectivity index (χ0) is 19.3. The Morgan fingerprint density at radius 2 is 2.18 bits per heavy atom. The molecule has 1 fully saturated rings. The van der Waals surface area contributed by atoms with Gasteiger partial charge < -0.3 is 10.6 Å². The molecule has 7 heteroatoms. The first kappa shape index (κ1) is 17.2. The average molecular weight is 377 g/mol. The molecule has 0 spiro atoms. The maximum Gasteiger partial charge on any atom is 0.251 e. The lowest BCUT2D eigenvalue weighted by molar-refractivity contribution is -0.127. The number of amides is 1. The molecule has 2 aromatic heterocycles. The van der Waals surface area contributed by atoms with Crippen molar-refractivity contribution >= 4 is 16.8 Å². The summed E-state index contributed by atoms with van der Waals surface area (Å²) in [5, 5.41) is 14.8. The van der Waals surface area contributed by atoms with Gasteiger partial charge in [-0.3, -0.25) is 19.3 Å². The quantitative estimate of drug-likeness (QED) is 0.646. The van der Waals surface area contributed by atoms with Crippen molar-refractivity contribution in [2.75, 3.05) is 13.1 Å². The van der Waals surface area contributed by atoms with Crippen molar-refractivity contribution in [3.8, 4) is 0 Å². The molecule has 2 bridgehead atoms. The van der Waals surface area contributed by atoms with Gasteiger partial charge in [-0.25, -0.2) is 0 Å². The van der Waals surface area contributed by atoms with E-state index in [0.29, 0.717) is 6.54 Å². The molecule has 3 N–H and O–H groups in total. The minimum Gasteiger partial charge on any atom is -0.349 e. The molecule has 2 aliphatic rings. The maximum atomic E-state index is 13.2. The molecule has 0 aliphatic carbocycles. The van der Waals surface area contributed by atoms with E-state index in [1.165, 1.54) is 0 Å². The molecule has 28 heavy (non-hydrogen) atoms. The molecule has 0 unspecified atom stereocenters. The van der Waals surface area contributed by atoms with Crippen molar-refractivity contribution < 1.29 is 4.79 Å². The van der Waals surface area contributed by atoms with Crippen molar-refractivity contribution in [3.63, 3.8) is 0 Å². The lowest BCUT2D eigenvalue weighted by Crippen LogP contribution is -2.52. The first-order valence-electron chi connectivity index (χ1n) is 9.75. The van der Waals surface area contributed by atoms with Crippen molar-refractivity contribution in [2.24, 2.45) is 5.92 Å². The highest BCUT2D eigenvalue weighted by Crippen LogP contribution is 2.38. The maximum absolute atomic E-state index is 13.2. The number of nitrogens with zero attached hydrogens (tertiary/aromatic N) is 2. The second-order valence-electron chi connectivity index (χ2n) is 7.90. The van der Waals surface area contributed by atoms with Gasteiger partial charge in [-0.15, -0.1) is 0 Å². The number of pyridine rings is 1. The Balaban J connectivity index is 1.44. The molecule has 1 saturated heterocycles. The third-order valence-corrected chi connectivity index (χ3v) is 6.05. The van der Waals surface area contributed by atoms with Crippen LogP contribution < -0.4 is 16.2 Å². The van der Waals surface area contributed by atoms with Crippen LogP contribution in [-0.2, 0) is 11.3 Å². The molecular weight excluding hydrogens is 354 g/mol. The van der Waals surface area contributed by atoms with Crippen LogP contribution in [0.15, 0.2) is 41.2 Å². The number of piperidine rings is 1. The number of rotatable bonds is 3. The summed E-state index contributed by atoms with van der Waals surface area (Å²) in [5.74, 6) is 0.292. The number of nitrogens with one attached hydrogen (secondary N) is 3. The lowest BCUT2D eigenvalue weighted by Gasteiger charge is -2.42. The van der Waals surface area contributed by atoms with Crippen LogP contribution >= 0.6 is 0 Å². The van der Waals surface area contributed by atoms with Crippen molar-refractivity contribution in [1.82, 2.24) is 25.4 Å². The number of aromatic nitrogens is 3. The Morgan fingerprint density at radius 1 is 1.29 bits per heavy atom. The summed E-state index contributed by atoms with van der Waals surface area (Å²) >= 11 is 0. The standard InChI is InChI=1S/C21H23N5O2/c1-12-5-6-16-15(7-12)17(25-24-16)11-23-21(28)20-14-8-13(9-22-10-14)18-3-2-4-19(27)26(18)20/h2-7,13-14,20,22H,8-11H2,1H3,(H,23,28)(H,24,25)/t13-,14+,20-/m1/s1. The highest BCUT2D eigenvalue weighted by atomic mass is 16.2. The van der Waals surface area contributed by atoms with Gasteiger partial charge in [-0.2, -0.15) is 5.10 Å². The van der Waals surface area contributed by atoms with E-state index < -0.39 is 6.04 Å². The van der Waals surface area contributed by atoms with Gasteiger partial charge in [0.05, 0.1) is 17.8 Å². The smallest absolute Gasteiger partial charge is 0.251 e. The number of benzene rings is 1. The van der Waals surface area contributed by atoms with E-state index in [1.54, 1.807) is 16.7 Å². The number of hydrogen-bond acceptors (Lipinski definition) is 4. The van der Waals surface area contributed by atoms with Gasteiger partial charge >= 0.3 is 0 Å². The molecule has 1 amide bonds. The predicted molar refractivity (Wildman–Crippen MR) is 106 cm³/mol. The number of H-pyrrole nitrogens is 1. The highest BCUT2D eigenvalue weighted by molar-refractivity contribution is 5.84. The number of aromatic amines is 1. The normalized spacial score (nSPS) is 23.4. The van der Waals surface area contributed by atoms with Crippen LogP contribution in [0.3, 0.4) is 0 Å². The van der Waals surface area contributed by atoms with E-state index in [4.69, 9.17) is 0 Å². The second kappa shape index (κ2) is 6.60. The topological polar surface area (TPSA) is 91.8 Å². The zero-order valence-electron chi connectivity index (χ0n) is 15.7. The SMILES string of the molecule is Cc1ccc2n[nH]c(CNC(=O)[C@H]3[C@@H]4CNC[C@@H](C4)c4cccc(=O)n43)c2c1. The highest BCUT2D eigenvalue weighted by Gasteiger charge is 2.41. The predicted octanol–water partition coefficient (Wildman–Crippen LogP) is 1.60. The van der Waals surface area contributed by atoms with Crippen molar-refractivity contribution in [1.29, 1.82) is 0 Å². The second-order valence-corrected chi connectivity index (χ2v) is 7.90. The Kier molecular flexibility index (Phi) is 4.05. The molecule has 7 nitrogen and oxygen atoms in total. The molecular formula is C21H23N5O2. The molecule has 3 aromatic rings. The Labute approximate surface area is 162 Å². The van der Waals surface area contributed by atoms with E-state index in [1.807, 2.05) is 25.1 Å². The summed E-state index contributed by atoms with van der Waals surface area (Å²) in [5.41, 5.74) is 3.76. The summed E-state index contributed by atoms with van der Waals surface area (Å²) in [6.45, 7) is 4.00. The van der Waals surface area contributed by atoms with Gasteiger partial charge in [0.2, 0.25) is 5.91 Å². The number of carbonyl (C=O) groups excluding carboxylic acids is 1. The fourth-order valence-corrected chi connectivity index (χ4v) is 4.72. The van der Waals surface area contributed by atoms with Crippen LogP contribution in [0.4, 0.5) is 0 Å². The number of fused-ring (bicyclic) bond motifs is 5. The molecule has 4 heterocycles. The Hall–Kier alpha value is -2.93. The molecule has 0 radical (unpaired) electrons. The third kappa shape index (κ3) is 2.74.